The summed E-state index contributed by atoms with van der Waals surface area (Å²) in [7, 11) is 3.31. The SMILES string of the molecule is COc1ccccc1N1C[C@H](C(=O)O[C@H](C)C(=O)Nc2c(C)nn(C)c2C)CC1=O. The van der Waals surface area contributed by atoms with E-state index in [4.69, 9.17) is 9.47 Å². The molecule has 9 heteroatoms. The number of carbonyl (C=O) groups excluding carboxylic acids is 3. The van der Waals surface area contributed by atoms with Crippen molar-refractivity contribution in [2.75, 3.05) is 23.9 Å². The molecule has 30 heavy (non-hydrogen) atoms. The number of carbonyl (C=O) groups is 3. The van der Waals surface area contributed by atoms with E-state index in [2.05, 4.69) is 10.4 Å². The van der Waals surface area contributed by atoms with Gasteiger partial charge in [0.05, 0.1) is 35.8 Å². The van der Waals surface area contributed by atoms with Gasteiger partial charge < -0.3 is 19.7 Å². The molecule has 1 fully saturated rings. The normalized spacial score (nSPS) is 17.0. The number of aromatic nitrogens is 2. The third kappa shape index (κ3) is 4.14. The molecule has 0 unspecified atom stereocenters. The number of rotatable bonds is 6. The fourth-order valence-corrected chi connectivity index (χ4v) is 3.45. The van der Waals surface area contributed by atoms with Crippen LogP contribution in [0.1, 0.15) is 24.7 Å². The van der Waals surface area contributed by atoms with Crippen molar-refractivity contribution in [1.82, 2.24) is 9.78 Å². The predicted octanol–water partition coefficient (Wildman–Crippen LogP) is 1.97. The molecule has 0 bridgehead atoms. The molecule has 0 radical (unpaired) electrons. The molecular formula is C21H26N4O5. The molecule has 0 saturated carbocycles. The maximum absolute atomic E-state index is 12.6. The molecule has 2 aromatic rings. The molecule has 1 saturated heterocycles. The minimum Gasteiger partial charge on any atom is -0.495 e. The number of hydrogen-bond donors (Lipinski definition) is 1. The van der Waals surface area contributed by atoms with Crippen molar-refractivity contribution in [3.05, 3.63) is 35.7 Å². The summed E-state index contributed by atoms with van der Waals surface area (Å²) in [5.41, 5.74) is 2.68. The Morgan fingerprint density at radius 1 is 1.27 bits per heavy atom. The number of benzene rings is 1. The molecule has 1 aromatic heterocycles. The Morgan fingerprint density at radius 2 is 1.97 bits per heavy atom. The second-order valence-corrected chi connectivity index (χ2v) is 7.32. The van der Waals surface area contributed by atoms with Crippen LogP contribution in [-0.2, 0) is 26.2 Å². The minimum absolute atomic E-state index is 0.0199. The highest BCUT2D eigenvalue weighted by molar-refractivity contribution is 6.01. The Balaban J connectivity index is 1.63. The van der Waals surface area contributed by atoms with Gasteiger partial charge in [-0.05, 0) is 32.9 Å². The van der Waals surface area contributed by atoms with Crippen molar-refractivity contribution < 1.29 is 23.9 Å². The Bertz CT molecular complexity index is 984. The fraction of sp³-hybridized carbons (Fsp3) is 0.429. The van der Waals surface area contributed by atoms with Crippen LogP contribution >= 0.6 is 0 Å². The van der Waals surface area contributed by atoms with Crippen LogP contribution in [0, 0.1) is 19.8 Å². The number of aryl methyl sites for hydroxylation is 2. The van der Waals surface area contributed by atoms with Crippen LogP contribution in [0.25, 0.3) is 0 Å². The molecule has 1 aliphatic rings. The van der Waals surface area contributed by atoms with Crippen molar-refractivity contribution >= 4 is 29.2 Å². The van der Waals surface area contributed by atoms with Crippen LogP contribution in [0.5, 0.6) is 5.75 Å². The summed E-state index contributed by atoms with van der Waals surface area (Å²) in [5, 5.41) is 7.01. The van der Waals surface area contributed by atoms with Crippen LogP contribution < -0.4 is 15.0 Å². The summed E-state index contributed by atoms with van der Waals surface area (Å²) in [4.78, 5) is 39.1. The Labute approximate surface area is 174 Å². The monoisotopic (exact) mass is 414 g/mol. The highest BCUT2D eigenvalue weighted by atomic mass is 16.5. The lowest BCUT2D eigenvalue weighted by molar-refractivity contribution is -0.157. The number of methoxy groups -OCH3 is 1. The summed E-state index contributed by atoms with van der Waals surface area (Å²) >= 11 is 0. The summed E-state index contributed by atoms with van der Waals surface area (Å²) < 4.78 is 12.3. The van der Waals surface area contributed by atoms with E-state index in [1.54, 1.807) is 42.9 Å². The van der Waals surface area contributed by atoms with Gasteiger partial charge in [-0.25, -0.2) is 0 Å². The zero-order valence-electron chi connectivity index (χ0n) is 17.8. The lowest BCUT2D eigenvalue weighted by atomic mass is 10.1. The van der Waals surface area contributed by atoms with Crippen LogP contribution in [0.3, 0.4) is 0 Å². The van der Waals surface area contributed by atoms with E-state index in [-0.39, 0.29) is 18.9 Å². The van der Waals surface area contributed by atoms with Crippen molar-refractivity contribution in [3.63, 3.8) is 0 Å². The zero-order chi connectivity index (χ0) is 22.0. The van der Waals surface area contributed by atoms with Gasteiger partial charge in [0.25, 0.3) is 5.91 Å². The first-order chi connectivity index (χ1) is 14.2. The van der Waals surface area contributed by atoms with E-state index in [9.17, 15) is 14.4 Å². The van der Waals surface area contributed by atoms with Crippen LogP contribution in [-0.4, -0.2) is 47.3 Å². The molecule has 1 N–H and O–H groups in total. The first-order valence-corrected chi connectivity index (χ1v) is 9.67. The topological polar surface area (TPSA) is 103 Å². The number of anilines is 2. The second-order valence-electron chi connectivity index (χ2n) is 7.32. The van der Waals surface area contributed by atoms with Gasteiger partial charge in [0.2, 0.25) is 5.91 Å². The van der Waals surface area contributed by atoms with Crippen molar-refractivity contribution in [1.29, 1.82) is 0 Å². The Hall–Kier alpha value is -3.36. The predicted molar refractivity (Wildman–Crippen MR) is 110 cm³/mol. The number of nitrogens with one attached hydrogen (secondary N) is 1. The number of hydrogen-bond acceptors (Lipinski definition) is 6. The van der Waals surface area contributed by atoms with E-state index in [0.717, 1.165) is 5.69 Å². The standard InChI is InChI=1S/C21H26N4O5/c1-12-19(13(2)24(4)23-12)22-20(27)14(3)30-21(28)15-10-18(26)25(11-15)16-8-6-7-9-17(16)29-5/h6-9,14-15H,10-11H2,1-5H3,(H,22,27)/t14-,15-/m1/s1. The molecule has 3 rings (SSSR count). The second kappa shape index (κ2) is 8.56. The molecule has 1 aliphatic heterocycles. The summed E-state index contributed by atoms with van der Waals surface area (Å²) in [6.07, 6.45) is -0.988. The van der Waals surface area contributed by atoms with Crippen LogP contribution in [0.15, 0.2) is 24.3 Å². The van der Waals surface area contributed by atoms with Gasteiger partial charge in [-0.15, -0.1) is 0 Å². The number of amides is 2. The smallest absolute Gasteiger partial charge is 0.312 e. The van der Waals surface area contributed by atoms with Crippen LogP contribution in [0.4, 0.5) is 11.4 Å². The maximum Gasteiger partial charge on any atom is 0.312 e. The van der Waals surface area contributed by atoms with E-state index in [0.29, 0.717) is 22.8 Å². The number of ether oxygens (including phenoxy) is 2. The molecule has 0 spiro atoms. The van der Waals surface area contributed by atoms with Crippen molar-refractivity contribution in [2.24, 2.45) is 13.0 Å². The quantitative estimate of drug-likeness (QED) is 0.725. The van der Waals surface area contributed by atoms with E-state index in [1.807, 2.05) is 6.92 Å². The highest BCUT2D eigenvalue weighted by Crippen LogP contribution is 2.33. The summed E-state index contributed by atoms with van der Waals surface area (Å²) in [6.45, 7) is 5.30. The van der Waals surface area contributed by atoms with E-state index in [1.165, 1.54) is 18.9 Å². The van der Waals surface area contributed by atoms with Gasteiger partial charge in [-0.2, -0.15) is 5.10 Å². The van der Waals surface area contributed by atoms with Gasteiger partial charge in [-0.3, -0.25) is 19.1 Å². The van der Waals surface area contributed by atoms with Crippen LogP contribution in [0.2, 0.25) is 0 Å². The van der Waals surface area contributed by atoms with Crippen molar-refractivity contribution in [2.45, 2.75) is 33.3 Å². The lowest BCUT2D eigenvalue weighted by Gasteiger charge is -2.20. The summed E-state index contributed by atoms with van der Waals surface area (Å²) in [5.74, 6) is -1.33. The maximum atomic E-state index is 12.6. The molecule has 2 heterocycles. The molecule has 160 valence electrons. The molecule has 2 atom stereocenters. The summed E-state index contributed by atoms with van der Waals surface area (Å²) in [6, 6.07) is 7.12. The van der Waals surface area contributed by atoms with Gasteiger partial charge in [-0.1, -0.05) is 12.1 Å². The van der Waals surface area contributed by atoms with Gasteiger partial charge in [0, 0.05) is 20.0 Å². The Morgan fingerprint density at radius 3 is 2.60 bits per heavy atom. The molecule has 0 aliphatic carbocycles. The first kappa shape index (κ1) is 21.4. The zero-order valence-corrected chi connectivity index (χ0v) is 17.8. The minimum atomic E-state index is -1.01. The van der Waals surface area contributed by atoms with Crippen molar-refractivity contribution in [3.8, 4) is 5.75 Å². The Kier molecular flexibility index (Phi) is 6.09. The number of nitrogens with zero attached hydrogens (tertiary/aromatic N) is 3. The van der Waals surface area contributed by atoms with Gasteiger partial charge in [0.1, 0.15) is 5.75 Å². The molecule has 2 amide bonds. The molecule has 1 aromatic carbocycles. The fourth-order valence-electron chi connectivity index (χ4n) is 3.45. The third-order valence-corrected chi connectivity index (χ3v) is 5.25. The first-order valence-electron chi connectivity index (χ1n) is 9.67. The van der Waals surface area contributed by atoms with Gasteiger partial charge >= 0.3 is 5.97 Å². The van der Waals surface area contributed by atoms with E-state index < -0.39 is 23.9 Å². The largest absolute Gasteiger partial charge is 0.495 e. The highest BCUT2D eigenvalue weighted by Gasteiger charge is 2.38. The lowest BCUT2D eigenvalue weighted by Crippen LogP contribution is -2.33. The average Bonchev–Trinajstić information content (AvgIpc) is 3.22. The molecule has 9 nitrogen and oxygen atoms in total. The van der Waals surface area contributed by atoms with E-state index >= 15 is 0 Å². The number of esters is 1. The van der Waals surface area contributed by atoms with Gasteiger partial charge in [0.15, 0.2) is 6.10 Å². The number of para-hydroxylation sites is 2. The average molecular weight is 414 g/mol. The third-order valence-electron chi connectivity index (χ3n) is 5.25. The molecular weight excluding hydrogens is 388 g/mol.